The number of rotatable bonds is 3. The van der Waals surface area contributed by atoms with E-state index in [2.05, 4.69) is 5.92 Å². The summed E-state index contributed by atoms with van der Waals surface area (Å²) >= 11 is 13.8. The zero-order valence-electron chi connectivity index (χ0n) is 12.7. The second-order valence-corrected chi connectivity index (χ2v) is 7.71. The van der Waals surface area contributed by atoms with Gasteiger partial charge in [-0.2, -0.15) is 0 Å². The highest BCUT2D eigenvalue weighted by atomic mass is 35.5. The molecule has 3 aliphatic carbocycles. The number of carbonyl (C=O) groups excluding carboxylic acids is 1. The average Bonchev–Trinajstić information content (AvgIpc) is 2.77. The Morgan fingerprint density at radius 2 is 1.82 bits per heavy atom. The molecule has 0 amide bonds. The minimum atomic E-state index is -1.95. The number of hydrogen-bond acceptors (Lipinski definition) is 4. The first-order valence-corrected chi connectivity index (χ1v) is 8.26. The zero-order chi connectivity index (χ0) is 16.4. The molecule has 0 aromatic rings. The van der Waals surface area contributed by atoms with E-state index in [0.29, 0.717) is 0 Å². The van der Waals surface area contributed by atoms with E-state index in [0.717, 1.165) is 25.7 Å². The normalized spacial score (nSPS) is 49.0. The second kappa shape index (κ2) is 4.84. The van der Waals surface area contributed by atoms with Gasteiger partial charge < -0.3 is 14.6 Å². The standard InChI is InChI=1S/C16H20Cl2O4/c1-4-9-13(20)12(19)14(17)10-7-5-6-8-11(10)15(13,18)16(14,21-2)22-3/h1,10-11,20H,5-9H2,2-3H3/t10-,11+,13-,14-,15+/m1/s1. The first kappa shape index (κ1) is 16.5. The molecule has 0 heterocycles. The Morgan fingerprint density at radius 3 is 2.32 bits per heavy atom. The fourth-order valence-corrected chi connectivity index (χ4v) is 6.72. The summed E-state index contributed by atoms with van der Waals surface area (Å²) in [6.07, 6.45) is 8.63. The lowest BCUT2D eigenvalue weighted by Gasteiger charge is -2.47. The molecule has 0 aromatic carbocycles. The van der Waals surface area contributed by atoms with E-state index in [1.807, 2.05) is 0 Å². The number of aliphatic hydroxyl groups is 1. The van der Waals surface area contributed by atoms with Crippen molar-refractivity contribution in [3.63, 3.8) is 0 Å². The number of fused-ring (bicyclic) bond motifs is 5. The molecule has 0 unspecified atom stereocenters. The van der Waals surface area contributed by atoms with Crippen LogP contribution in [0.1, 0.15) is 32.1 Å². The van der Waals surface area contributed by atoms with Gasteiger partial charge in [-0.05, 0) is 24.7 Å². The zero-order valence-corrected chi connectivity index (χ0v) is 14.2. The third kappa shape index (κ3) is 1.34. The second-order valence-electron chi connectivity index (χ2n) is 6.52. The van der Waals surface area contributed by atoms with Crippen LogP contribution < -0.4 is 0 Å². The van der Waals surface area contributed by atoms with Gasteiger partial charge in [-0.25, -0.2) is 0 Å². The van der Waals surface area contributed by atoms with Gasteiger partial charge in [-0.15, -0.1) is 35.5 Å². The van der Waals surface area contributed by atoms with Gasteiger partial charge in [0.2, 0.25) is 5.79 Å². The van der Waals surface area contributed by atoms with E-state index in [-0.39, 0.29) is 18.3 Å². The Kier molecular flexibility index (Phi) is 3.64. The molecule has 0 radical (unpaired) electrons. The summed E-state index contributed by atoms with van der Waals surface area (Å²) in [7, 11) is 2.81. The molecule has 2 bridgehead atoms. The molecule has 5 atom stereocenters. The smallest absolute Gasteiger partial charge is 0.218 e. The Balaban J connectivity index is 2.30. The van der Waals surface area contributed by atoms with Crippen LogP contribution in [0.3, 0.4) is 0 Å². The van der Waals surface area contributed by atoms with Gasteiger partial charge in [-0.1, -0.05) is 12.8 Å². The monoisotopic (exact) mass is 346 g/mol. The molecule has 0 aromatic heterocycles. The van der Waals surface area contributed by atoms with Gasteiger partial charge in [0.15, 0.2) is 16.3 Å². The quantitative estimate of drug-likeness (QED) is 0.483. The number of terminal acetylenes is 1. The van der Waals surface area contributed by atoms with Crippen molar-refractivity contribution in [3.05, 3.63) is 0 Å². The van der Waals surface area contributed by atoms with E-state index < -0.39 is 26.9 Å². The SMILES string of the molecule is C#CC[C@@]1(O)C(=O)[C@]2(Cl)[C@@H]3CCCC[C@@H]3[C@@]1(Cl)C2(OC)OC. The number of ketones is 1. The summed E-state index contributed by atoms with van der Waals surface area (Å²) < 4.78 is 11.2. The van der Waals surface area contributed by atoms with Crippen molar-refractivity contribution in [2.45, 2.75) is 53.2 Å². The summed E-state index contributed by atoms with van der Waals surface area (Å²) in [5.41, 5.74) is -1.95. The molecule has 0 saturated heterocycles. The molecule has 1 N–H and O–H groups in total. The van der Waals surface area contributed by atoms with Crippen molar-refractivity contribution in [1.29, 1.82) is 0 Å². The molecule has 3 rings (SSSR count). The van der Waals surface area contributed by atoms with Crippen molar-refractivity contribution >= 4 is 29.0 Å². The highest BCUT2D eigenvalue weighted by molar-refractivity contribution is 6.44. The summed E-state index contributed by atoms with van der Waals surface area (Å²) in [5, 5.41) is 11.1. The van der Waals surface area contributed by atoms with Crippen molar-refractivity contribution in [2.24, 2.45) is 11.8 Å². The van der Waals surface area contributed by atoms with Crippen LogP contribution in [0.2, 0.25) is 0 Å². The van der Waals surface area contributed by atoms with Crippen LogP contribution in [0.25, 0.3) is 0 Å². The van der Waals surface area contributed by atoms with E-state index in [4.69, 9.17) is 39.1 Å². The predicted molar refractivity (Wildman–Crippen MR) is 82.8 cm³/mol. The van der Waals surface area contributed by atoms with Crippen LogP contribution in [0.5, 0.6) is 0 Å². The van der Waals surface area contributed by atoms with Crippen LogP contribution in [0.15, 0.2) is 0 Å². The van der Waals surface area contributed by atoms with Crippen molar-refractivity contribution in [2.75, 3.05) is 14.2 Å². The van der Waals surface area contributed by atoms with Gasteiger partial charge in [0.25, 0.3) is 0 Å². The van der Waals surface area contributed by atoms with Crippen LogP contribution in [-0.2, 0) is 14.3 Å². The van der Waals surface area contributed by atoms with Crippen LogP contribution in [0, 0.1) is 24.2 Å². The van der Waals surface area contributed by atoms with Gasteiger partial charge in [0.1, 0.15) is 4.87 Å². The minimum absolute atomic E-state index is 0.184. The van der Waals surface area contributed by atoms with Gasteiger partial charge in [0.05, 0.1) is 0 Å². The lowest BCUT2D eigenvalue weighted by molar-refractivity contribution is -0.235. The van der Waals surface area contributed by atoms with E-state index in [9.17, 15) is 9.90 Å². The number of ether oxygens (including phenoxy) is 2. The Bertz CT molecular complexity index is 555. The Morgan fingerprint density at radius 1 is 1.27 bits per heavy atom. The molecule has 6 heteroatoms. The molecular formula is C16H20Cl2O4. The molecule has 22 heavy (non-hydrogen) atoms. The molecule has 122 valence electrons. The van der Waals surface area contributed by atoms with E-state index in [1.165, 1.54) is 14.2 Å². The maximum atomic E-state index is 13.1. The maximum Gasteiger partial charge on any atom is 0.218 e. The van der Waals surface area contributed by atoms with Crippen molar-refractivity contribution in [1.82, 2.24) is 0 Å². The van der Waals surface area contributed by atoms with Gasteiger partial charge >= 0.3 is 0 Å². The third-order valence-electron chi connectivity index (χ3n) is 5.99. The number of Topliss-reactive ketones (excluding diaryl/α,β-unsaturated/α-hetero) is 1. The highest BCUT2D eigenvalue weighted by Gasteiger charge is 2.92. The molecule has 0 spiro atoms. The predicted octanol–water partition coefficient (Wildman–Crippen LogP) is 2.09. The molecule has 4 nitrogen and oxygen atoms in total. The Hall–Kier alpha value is -0.310. The Labute approximate surface area is 140 Å². The molecule has 3 fully saturated rings. The number of alkyl halides is 2. The van der Waals surface area contributed by atoms with E-state index >= 15 is 0 Å². The number of halogens is 2. The molecule has 3 aliphatic rings. The number of hydrogen-bond donors (Lipinski definition) is 1. The topological polar surface area (TPSA) is 55.8 Å². The van der Waals surface area contributed by atoms with Crippen LogP contribution in [0.4, 0.5) is 0 Å². The largest absolute Gasteiger partial charge is 0.379 e. The fourth-order valence-electron chi connectivity index (χ4n) is 5.23. The van der Waals surface area contributed by atoms with Crippen molar-refractivity contribution in [3.8, 4) is 12.3 Å². The average molecular weight is 347 g/mol. The molecular weight excluding hydrogens is 327 g/mol. The van der Waals surface area contributed by atoms with Crippen LogP contribution >= 0.6 is 23.2 Å². The molecule has 0 aliphatic heterocycles. The van der Waals surface area contributed by atoms with Gasteiger partial charge in [-0.3, -0.25) is 4.79 Å². The van der Waals surface area contributed by atoms with Gasteiger partial charge in [0, 0.05) is 20.6 Å². The first-order chi connectivity index (χ1) is 10.3. The lowest BCUT2D eigenvalue weighted by Crippen LogP contribution is -2.64. The highest BCUT2D eigenvalue weighted by Crippen LogP contribution is 2.74. The maximum absolute atomic E-state index is 13.1. The molecule has 3 saturated carbocycles. The summed E-state index contributed by atoms with van der Waals surface area (Å²) in [6.45, 7) is 0. The van der Waals surface area contributed by atoms with Crippen molar-refractivity contribution < 1.29 is 19.4 Å². The summed E-state index contributed by atoms with van der Waals surface area (Å²) in [4.78, 5) is 10.1. The summed E-state index contributed by atoms with van der Waals surface area (Å²) in [5.74, 6) is -0.169. The number of methoxy groups -OCH3 is 2. The lowest BCUT2D eigenvalue weighted by atomic mass is 9.63. The first-order valence-electron chi connectivity index (χ1n) is 7.50. The van der Waals surface area contributed by atoms with E-state index in [1.54, 1.807) is 0 Å². The summed E-state index contributed by atoms with van der Waals surface area (Å²) in [6, 6.07) is 0. The van der Waals surface area contributed by atoms with Crippen LogP contribution in [-0.4, -0.2) is 46.2 Å². The third-order valence-corrected chi connectivity index (χ3v) is 7.53. The minimum Gasteiger partial charge on any atom is -0.379 e. The number of carbonyl (C=O) groups is 1. The fraction of sp³-hybridized carbons (Fsp3) is 0.812.